The van der Waals surface area contributed by atoms with Gasteiger partial charge in [0, 0.05) is 42.9 Å². The minimum absolute atomic E-state index is 0.0856. The number of fused-ring (bicyclic) bond motifs is 3. The van der Waals surface area contributed by atoms with Crippen molar-refractivity contribution in [3.63, 3.8) is 0 Å². The zero-order valence-corrected chi connectivity index (χ0v) is 18.5. The molecule has 5 rings (SSSR count). The van der Waals surface area contributed by atoms with Crippen molar-refractivity contribution < 1.29 is 18.3 Å². The minimum Gasteiger partial charge on any atom is -0.488 e. The maximum Gasteiger partial charge on any atom is 0.246 e. The van der Waals surface area contributed by atoms with E-state index in [1.807, 2.05) is 0 Å². The number of nitrogens with two attached hydrogens (primary N) is 1. The second kappa shape index (κ2) is 7.99. The fraction of sp³-hybridized carbons (Fsp3) is 0.273. The van der Waals surface area contributed by atoms with Gasteiger partial charge in [0.2, 0.25) is 5.91 Å². The number of carbonyl (C=O) groups excluding carboxylic acids is 1. The Balaban J connectivity index is 1.55. The van der Waals surface area contributed by atoms with Crippen LogP contribution in [0.25, 0.3) is 21.3 Å². The molecule has 0 aliphatic carbocycles. The van der Waals surface area contributed by atoms with Gasteiger partial charge in [-0.2, -0.15) is 0 Å². The van der Waals surface area contributed by atoms with Crippen molar-refractivity contribution in [3.05, 3.63) is 53.1 Å². The normalized spacial score (nSPS) is 18.6. The van der Waals surface area contributed by atoms with Crippen LogP contribution in [0.15, 0.2) is 30.9 Å². The minimum atomic E-state index is -0.620. The molecule has 1 fully saturated rings. The highest BCUT2D eigenvalue weighted by Crippen LogP contribution is 2.43. The number of hydrogen-bond acceptors (Lipinski definition) is 6. The van der Waals surface area contributed by atoms with Crippen LogP contribution >= 0.6 is 22.9 Å². The number of halogens is 3. The molecule has 1 aromatic heterocycles. The van der Waals surface area contributed by atoms with Gasteiger partial charge in [-0.15, -0.1) is 0 Å². The van der Waals surface area contributed by atoms with Crippen molar-refractivity contribution in [1.82, 2.24) is 14.8 Å². The molecule has 1 amide bonds. The number of nitrogen functional groups attached to an aromatic ring is 1. The van der Waals surface area contributed by atoms with E-state index < -0.39 is 11.6 Å². The summed E-state index contributed by atoms with van der Waals surface area (Å²) >= 11 is 7.53. The standard InChI is InChI=1S/C22H19ClF2N4O2S/c1-2-16(30)29-6-5-28-8-11-7-14(23)17(18(25)20(11)31-10-12(28)9-29)13-3-4-15(24)21-19(13)27-22(26)32-21/h2-4,7,12H,1,5-6,8-10H2,(H2,26,27)/t12-/m1/s1. The highest BCUT2D eigenvalue weighted by Gasteiger charge is 2.34. The van der Waals surface area contributed by atoms with Crippen LogP contribution in [0.2, 0.25) is 5.02 Å². The fourth-order valence-corrected chi connectivity index (χ4v) is 5.43. The Morgan fingerprint density at radius 3 is 2.97 bits per heavy atom. The third-order valence-electron chi connectivity index (χ3n) is 5.92. The molecule has 2 aromatic carbocycles. The molecule has 2 N–H and O–H groups in total. The third kappa shape index (κ3) is 3.41. The SMILES string of the molecule is C=CC(=O)N1CCN2Cc3cc(Cl)c(-c4ccc(F)c5sc(N)nc45)c(F)c3OC[C@H]2C1. The molecule has 1 atom stereocenters. The topological polar surface area (TPSA) is 71.7 Å². The van der Waals surface area contributed by atoms with E-state index in [1.165, 1.54) is 18.2 Å². The second-order valence-electron chi connectivity index (χ2n) is 7.78. The molecule has 1 saturated heterocycles. The Morgan fingerprint density at radius 2 is 2.19 bits per heavy atom. The molecule has 166 valence electrons. The van der Waals surface area contributed by atoms with E-state index in [-0.39, 0.29) is 50.2 Å². The van der Waals surface area contributed by atoms with Crippen molar-refractivity contribution in [1.29, 1.82) is 0 Å². The summed E-state index contributed by atoms with van der Waals surface area (Å²) in [6, 6.07) is 4.30. The van der Waals surface area contributed by atoms with Crippen molar-refractivity contribution >= 4 is 44.2 Å². The molecule has 2 aliphatic heterocycles. The van der Waals surface area contributed by atoms with Gasteiger partial charge in [-0.25, -0.2) is 13.8 Å². The lowest BCUT2D eigenvalue weighted by atomic mass is 10.00. The van der Waals surface area contributed by atoms with Crippen LogP contribution in [0.1, 0.15) is 5.56 Å². The molecule has 0 saturated carbocycles. The number of piperazine rings is 1. The Morgan fingerprint density at radius 1 is 1.38 bits per heavy atom. The number of aromatic nitrogens is 1. The number of benzene rings is 2. The molecule has 6 nitrogen and oxygen atoms in total. The van der Waals surface area contributed by atoms with Gasteiger partial charge in [-0.05, 0) is 24.3 Å². The molecular weight excluding hydrogens is 458 g/mol. The van der Waals surface area contributed by atoms with Crippen molar-refractivity contribution in [2.75, 3.05) is 32.0 Å². The van der Waals surface area contributed by atoms with Gasteiger partial charge in [0.1, 0.15) is 12.4 Å². The van der Waals surface area contributed by atoms with Crippen LogP contribution in [0.3, 0.4) is 0 Å². The second-order valence-corrected chi connectivity index (χ2v) is 9.22. The summed E-state index contributed by atoms with van der Waals surface area (Å²) in [6.45, 7) is 5.86. The van der Waals surface area contributed by atoms with E-state index >= 15 is 4.39 Å². The lowest BCUT2D eigenvalue weighted by molar-refractivity contribution is -0.129. The van der Waals surface area contributed by atoms with E-state index in [4.69, 9.17) is 22.1 Å². The van der Waals surface area contributed by atoms with Gasteiger partial charge < -0.3 is 15.4 Å². The average molecular weight is 477 g/mol. The first-order valence-corrected chi connectivity index (χ1v) is 11.2. The van der Waals surface area contributed by atoms with Crippen LogP contribution in [0.4, 0.5) is 13.9 Å². The van der Waals surface area contributed by atoms with E-state index in [2.05, 4.69) is 16.5 Å². The van der Waals surface area contributed by atoms with Gasteiger partial charge in [-0.1, -0.05) is 29.5 Å². The molecule has 32 heavy (non-hydrogen) atoms. The van der Waals surface area contributed by atoms with Gasteiger partial charge in [0.25, 0.3) is 0 Å². The lowest BCUT2D eigenvalue weighted by Gasteiger charge is -2.39. The fourth-order valence-electron chi connectivity index (χ4n) is 4.35. The number of carbonyl (C=O) groups is 1. The monoisotopic (exact) mass is 476 g/mol. The number of hydrogen-bond donors (Lipinski definition) is 1. The maximum absolute atomic E-state index is 15.8. The predicted molar refractivity (Wildman–Crippen MR) is 121 cm³/mol. The van der Waals surface area contributed by atoms with E-state index in [0.29, 0.717) is 37.3 Å². The van der Waals surface area contributed by atoms with Crippen LogP contribution in [-0.2, 0) is 11.3 Å². The van der Waals surface area contributed by atoms with Crippen molar-refractivity contribution in [2.45, 2.75) is 12.6 Å². The number of thiazole rings is 1. The quantitative estimate of drug-likeness (QED) is 0.564. The number of amides is 1. The first-order chi connectivity index (χ1) is 15.4. The van der Waals surface area contributed by atoms with E-state index in [1.54, 1.807) is 11.0 Å². The summed E-state index contributed by atoms with van der Waals surface area (Å²) in [7, 11) is 0. The highest BCUT2D eigenvalue weighted by atomic mass is 35.5. The Labute approximate surface area is 191 Å². The molecule has 0 bridgehead atoms. The zero-order valence-electron chi connectivity index (χ0n) is 16.9. The van der Waals surface area contributed by atoms with Crippen LogP contribution < -0.4 is 10.5 Å². The Hall–Kier alpha value is -2.75. The highest BCUT2D eigenvalue weighted by molar-refractivity contribution is 7.22. The van der Waals surface area contributed by atoms with Crippen molar-refractivity contribution in [2.24, 2.45) is 0 Å². The number of rotatable bonds is 2. The summed E-state index contributed by atoms with van der Waals surface area (Å²) in [5.41, 5.74) is 7.11. The lowest BCUT2D eigenvalue weighted by Crippen LogP contribution is -2.55. The molecule has 2 aliphatic rings. The first kappa shape index (κ1) is 21.1. The van der Waals surface area contributed by atoms with Gasteiger partial charge in [0.05, 0.1) is 21.3 Å². The van der Waals surface area contributed by atoms with E-state index in [0.717, 1.165) is 11.3 Å². The molecule has 0 radical (unpaired) electrons. The van der Waals surface area contributed by atoms with Crippen LogP contribution in [0, 0.1) is 11.6 Å². The van der Waals surface area contributed by atoms with E-state index in [9.17, 15) is 9.18 Å². The first-order valence-electron chi connectivity index (χ1n) is 10.0. The van der Waals surface area contributed by atoms with Gasteiger partial charge >= 0.3 is 0 Å². The largest absolute Gasteiger partial charge is 0.488 e. The van der Waals surface area contributed by atoms with Crippen LogP contribution in [-0.4, -0.2) is 53.0 Å². The zero-order chi connectivity index (χ0) is 22.6. The van der Waals surface area contributed by atoms with Crippen LogP contribution in [0.5, 0.6) is 5.75 Å². The molecule has 0 spiro atoms. The number of nitrogens with zero attached hydrogens (tertiary/aromatic N) is 3. The summed E-state index contributed by atoms with van der Waals surface area (Å²) in [6.07, 6.45) is 1.29. The molecule has 3 heterocycles. The summed E-state index contributed by atoms with van der Waals surface area (Å²) in [5.74, 6) is -1.12. The predicted octanol–water partition coefficient (Wildman–Crippen LogP) is 4.07. The van der Waals surface area contributed by atoms with Gasteiger partial charge in [0.15, 0.2) is 16.7 Å². The Bertz CT molecular complexity index is 1260. The third-order valence-corrected chi connectivity index (χ3v) is 7.11. The molecular formula is C22H19ClF2N4O2S. The molecule has 3 aromatic rings. The maximum atomic E-state index is 15.8. The summed E-state index contributed by atoms with van der Waals surface area (Å²) in [4.78, 5) is 20.1. The summed E-state index contributed by atoms with van der Waals surface area (Å²) < 4.78 is 36.2. The Kier molecular flexibility index (Phi) is 5.27. The smallest absolute Gasteiger partial charge is 0.246 e. The summed E-state index contributed by atoms with van der Waals surface area (Å²) in [5, 5.41) is 0.368. The average Bonchev–Trinajstić information content (AvgIpc) is 3.07. The van der Waals surface area contributed by atoms with Crippen molar-refractivity contribution in [3.8, 4) is 16.9 Å². The molecule has 10 heteroatoms. The van der Waals surface area contributed by atoms with Gasteiger partial charge in [-0.3, -0.25) is 9.69 Å². The molecule has 0 unspecified atom stereocenters. The number of anilines is 1. The number of ether oxygens (including phenoxy) is 1.